The molecule has 0 atom stereocenters. The number of hydrogen-bond acceptors (Lipinski definition) is 1. The molecule has 3 heteroatoms. The van der Waals surface area contributed by atoms with Gasteiger partial charge in [0, 0.05) is 17.0 Å². The van der Waals surface area contributed by atoms with E-state index in [4.69, 9.17) is 11.6 Å². The summed E-state index contributed by atoms with van der Waals surface area (Å²) in [6.45, 7) is 6.70. The van der Waals surface area contributed by atoms with Crippen molar-refractivity contribution in [1.82, 2.24) is 5.32 Å². The van der Waals surface area contributed by atoms with E-state index in [1.807, 2.05) is 38.1 Å². The van der Waals surface area contributed by atoms with E-state index in [1.54, 1.807) is 0 Å². The molecule has 0 radical (unpaired) electrons. The predicted molar refractivity (Wildman–Crippen MR) is 76.6 cm³/mol. The van der Waals surface area contributed by atoms with Gasteiger partial charge in [-0.05, 0) is 24.1 Å². The maximum Gasteiger partial charge on any atom is 0.225 e. The number of carbonyl (C=O) groups is 1. The fraction of sp³-hybridized carbons (Fsp3) is 0.533. The molecule has 0 saturated carbocycles. The molecule has 1 rings (SSSR count). The summed E-state index contributed by atoms with van der Waals surface area (Å²) in [5.74, 6) is 0.117. The van der Waals surface area contributed by atoms with E-state index >= 15 is 0 Å². The predicted octanol–water partition coefficient (Wildman–Crippen LogP) is 4.17. The zero-order chi connectivity index (χ0) is 13.6. The molecule has 0 aliphatic carbocycles. The fourth-order valence-corrected chi connectivity index (χ4v) is 1.88. The van der Waals surface area contributed by atoms with Gasteiger partial charge in [-0.3, -0.25) is 4.79 Å². The number of nitrogens with one attached hydrogen (secondary N) is 1. The highest BCUT2D eigenvalue weighted by atomic mass is 35.5. The number of hydrogen-bond donors (Lipinski definition) is 1. The summed E-state index contributed by atoms with van der Waals surface area (Å²) in [4.78, 5) is 12.1. The van der Waals surface area contributed by atoms with Crippen molar-refractivity contribution in [1.29, 1.82) is 0 Å². The van der Waals surface area contributed by atoms with Crippen molar-refractivity contribution >= 4 is 17.5 Å². The van der Waals surface area contributed by atoms with E-state index in [0.717, 1.165) is 24.8 Å². The molecule has 0 spiro atoms. The van der Waals surface area contributed by atoms with Gasteiger partial charge in [0.05, 0.1) is 0 Å². The minimum Gasteiger partial charge on any atom is -0.352 e. The van der Waals surface area contributed by atoms with Crippen LogP contribution in [0.1, 0.15) is 45.6 Å². The van der Waals surface area contributed by atoms with E-state index in [2.05, 4.69) is 12.2 Å². The summed E-state index contributed by atoms with van der Waals surface area (Å²) < 4.78 is 0. The van der Waals surface area contributed by atoms with E-state index < -0.39 is 0 Å². The van der Waals surface area contributed by atoms with Gasteiger partial charge in [-0.25, -0.2) is 0 Å². The monoisotopic (exact) mass is 267 g/mol. The van der Waals surface area contributed by atoms with Crippen LogP contribution in [0.3, 0.4) is 0 Å². The zero-order valence-electron chi connectivity index (χ0n) is 11.4. The standard InChI is InChI=1S/C15H22ClNO/c1-4-5-10-15(2,3)14(18)17-11-12-6-8-13(16)9-7-12/h6-9H,4-5,10-11H2,1-3H3,(H,17,18). The topological polar surface area (TPSA) is 29.1 Å². The third-order valence-electron chi connectivity index (χ3n) is 3.14. The van der Waals surface area contributed by atoms with Gasteiger partial charge >= 0.3 is 0 Å². The number of unbranched alkanes of at least 4 members (excludes halogenated alkanes) is 1. The van der Waals surface area contributed by atoms with Crippen LogP contribution >= 0.6 is 11.6 Å². The van der Waals surface area contributed by atoms with Crippen molar-refractivity contribution in [3.05, 3.63) is 34.9 Å². The molecule has 0 aliphatic rings. The van der Waals surface area contributed by atoms with Crippen molar-refractivity contribution < 1.29 is 4.79 Å². The van der Waals surface area contributed by atoms with Crippen LogP contribution in [0.25, 0.3) is 0 Å². The summed E-state index contributed by atoms with van der Waals surface area (Å²) in [5.41, 5.74) is 0.779. The van der Waals surface area contributed by atoms with Crippen LogP contribution in [0.4, 0.5) is 0 Å². The number of rotatable bonds is 6. The van der Waals surface area contributed by atoms with Crippen LogP contribution in [-0.4, -0.2) is 5.91 Å². The maximum atomic E-state index is 12.1. The molecule has 0 saturated heterocycles. The van der Waals surface area contributed by atoms with Crippen LogP contribution in [0, 0.1) is 5.41 Å². The molecule has 0 unspecified atom stereocenters. The van der Waals surface area contributed by atoms with Gasteiger partial charge in [0.2, 0.25) is 5.91 Å². The van der Waals surface area contributed by atoms with E-state index in [9.17, 15) is 4.79 Å². The molecule has 1 N–H and O–H groups in total. The highest BCUT2D eigenvalue weighted by Gasteiger charge is 2.26. The largest absolute Gasteiger partial charge is 0.352 e. The van der Waals surface area contributed by atoms with Gasteiger partial charge in [-0.2, -0.15) is 0 Å². The quantitative estimate of drug-likeness (QED) is 0.823. The Bertz CT molecular complexity index is 384. The zero-order valence-corrected chi connectivity index (χ0v) is 12.2. The Morgan fingerprint density at radius 1 is 1.28 bits per heavy atom. The third kappa shape index (κ3) is 4.69. The average Bonchev–Trinajstić information content (AvgIpc) is 2.35. The van der Waals surface area contributed by atoms with Gasteiger partial charge in [-0.1, -0.05) is 57.3 Å². The van der Waals surface area contributed by atoms with Crippen molar-refractivity contribution in [3.63, 3.8) is 0 Å². The molecule has 1 aromatic rings. The maximum absolute atomic E-state index is 12.1. The van der Waals surface area contributed by atoms with E-state index in [1.165, 1.54) is 0 Å². The van der Waals surface area contributed by atoms with Crippen LogP contribution < -0.4 is 5.32 Å². The average molecular weight is 268 g/mol. The lowest BCUT2D eigenvalue weighted by Crippen LogP contribution is -2.36. The van der Waals surface area contributed by atoms with Gasteiger partial charge in [0.1, 0.15) is 0 Å². The molecule has 1 aromatic carbocycles. The summed E-state index contributed by atoms with van der Waals surface area (Å²) >= 11 is 5.82. The highest BCUT2D eigenvalue weighted by Crippen LogP contribution is 2.23. The van der Waals surface area contributed by atoms with Crippen molar-refractivity contribution in [2.45, 2.75) is 46.6 Å². The van der Waals surface area contributed by atoms with Crippen LogP contribution in [-0.2, 0) is 11.3 Å². The second-order valence-corrected chi connectivity index (χ2v) is 5.73. The molecule has 0 heterocycles. The first-order valence-corrected chi connectivity index (χ1v) is 6.86. The number of amides is 1. The second kappa shape index (κ2) is 6.79. The summed E-state index contributed by atoms with van der Waals surface area (Å²) in [7, 11) is 0. The highest BCUT2D eigenvalue weighted by molar-refractivity contribution is 6.30. The van der Waals surface area contributed by atoms with Gasteiger partial charge in [-0.15, -0.1) is 0 Å². The van der Waals surface area contributed by atoms with Gasteiger partial charge < -0.3 is 5.32 Å². The molecule has 18 heavy (non-hydrogen) atoms. The summed E-state index contributed by atoms with van der Waals surface area (Å²) in [6, 6.07) is 7.54. The van der Waals surface area contributed by atoms with Gasteiger partial charge in [0.25, 0.3) is 0 Å². The van der Waals surface area contributed by atoms with Crippen molar-refractivity contribution in [3.8, 4) is 0 Å². The Hall–Kier alpha value is -1.02. The molecule has 0 fully saturated rings. The van der Waals surface area contributed by atoms with Crippen LogP contribution in [0.2, 0.25) is 5.02 Å². The molecule has 0 bridgehead atoms. The van der Waals surface area contributed by atoms with Crippen LogP contribution in [0.5, 0.6) is 0 Å². The Balaban J connectivity index is 2.47. The molecule has 100 valence electrons. The number of benzene rings is 1. The minimum atomic E-state index is -0.289. The normalized spacial score (nSPS) is 11.3. The molecule has 1 amide bonds. The van der Waals surface area contributed by atoms with Gasteiger partial charge in [0.15, 0.2) is 0 Å². The lowest BCUT2D eigenvalue weighted by atomic mass is 9.86. The molecular formula is C15H22ClNO. The van der Waals surface area contributed by atoms with Crippen LogP contribution in [0.15, 0.2) is 24.3 Å². The first kappa shape index (κ1) is 15.0. The summed E-state index contributed by atoms with van der Waals surface area (Å²) in [5, 5.41) is 3.70. The summed E-state index contributed by atoms with van der Waals surface area (Å²) in [6.07, 6.45) is 3.13. The first-order chi connectivity index (χ1) is 8.45. The van der Waals surface area contributed by atoms with Crippen molar-refractivity contribution in [2.75, 3.05) is 0 Å². The first-order valence-electron chi connectivity index (χ1n) is 6.48. The Labute approximate surface area is 115 Å². The van der Waals surface area contributed by atoms with E-state index in [-0.39, 0.29) is 11.3 Å². The van der Waals surface area contributed by atoms with Crippen molar-refractivity contribution in [2.24, 2.45) is 5.41 Å². The molecule has 2 nitrogen and oxygen atoms in total. The Morgan fingerprint density at radius 2 is 1.89 bits per heavy atom. The second-order valence-electron chi connectivity index (χ2n) is 5.30. The number of halogens is 1. The fourth-order valence-electron chi connectivity index (χ4n) is 1.76. The van der Waals surface area contributed by atoms with E-state index in [0.29, 0.717) is 11.6 Å². The number of carbonyl (C=O) groups excluding carboxylic acids is 1. The molecule has 0 aromatic heterocycles. The smallest absolute Gasteiger partial charge is 0.225 e. The SMILES string of the molecule is CCCCC(C)(C)C(=O)NCc1ccc(Cl)cc1. The lowest BCUT2D eigenvalue weighted by molar-refractivity contribution is -0.129. The third-order valence-corrected chi connectivity index (χ3v) is 3.39. The lowest BCUT2D eigenvalue weighted by Gasteiger charge is -2.23. The minimum absolute atomic E-state index is 0.117. The Kier molecular flexibility index (Phi) is 5.67. The molecule has 0 aliphatic heterocycles. The molecular weight excluding hydrogens is 246 g/mol. The Morgan fingerprint density at radius 3 is 2.44 bits per heavy atom.